The van der Waals surface area contributed by atoms with Gasteiger partial charge in [-0.3, -0.25) is 4.79 Å². The number of hydrogen-bond donors (Lipinski definition) is 1. The first-order valence-corrected chi connectivity index (χ1v) is 10.6. The quantitative estimate of drug-likeness (QED) is 0.486. The molecule has 1 aromatic heterocycles. The molecule has 5 heteroatoms. The zero-order valence-corrected chi connectivity index (χ0v) is 16.1. The second-order valence-corrected chi connectivity index (χ2v) is 8.54. The minimum Gasteiger partial charge on any atom is -0.302 e. The lowest BCUT2D eigenvalue weighted by atomic mass is 10.0. The molecule has 1 amide bonds. The summed E-state index contributed by atoms with van der Waals surface area (Å²) in [5.41, 5.74) is 3.21. The van der Waals surface area contributed by atoms with E-state index >= 15 is 0 Å². The SMILES string of the molecule is O=C(Cc1cccc2ccccc12)Nc1nc2c(s1)CSc1ccccc1-2. The molecule has 27 heavy (non-hydrogen) atoms. The van der Waals surface area contributed by atoms with E-state index in [2.05, 4.69) is 41.7 Å². The summed E-state index contributed by atoms with van der Waals surface area (Å²) in [5.74, 6) is 0.877. The van der Waals surface area contributed by atoms with Crippen molar-refractivity contribution in [3.8, 4) is 11.3 Å². The fourth-order valence-corrected chi connectivity index (χ4v) is 5.55. The van der Waals surface area contributed by atoms with Gasteiger partial charge < -0.3 is 5.32 Å². The molecule has 1 aliphatic rings. The number of rotatable bonds is 3. The molecule has 0 atom stereocenters. The fraction of sp³-hybridized carbons (Fsp3) is 0.0909. The highest BCUT2D eigenvalue weighted by Gasteiger charge is 2.21. The zero-order valence-electron chi connectivity index (χ0n) is 14.4. The molecule has 2 heterocycles. The van der Waals surface area contributed by atoms with E-state index in [0.717, 1.165) is 33.3 Å². The van der Waals surface area contributed by atoms with Crippen molar-refractivity contribution in [2.75, 3.05) is 5.32 Å². The molecule has 0 radical (unpaired) electrons. The molecule has 3 nitrogen and oxygen atoms in total. The first-order chi connectivity index (χ1) is 13.3. The Balaban J connectivity index is 1.39. The van der Waals surface area contributed by atoms with Crippen molar-refractivity contribution in [2.24, 2.45) is 0 Å². The van der Waals surface area contributed by atoms with E-state index in [1.165, 1.54) is 9.77 Å². The molecule has 0 fully saturated rings. The van der Waals surface area contributed by atoms with Crippen molar-refractivity contribution >= 4 is 44.9 Å². The van der Waals surface area contributed by atoms with E-state index in [9.17, 15) is 4.79 Å². The summed E-state index contributed by atoms with van der Waals surface area (Å²) in [6, 6.07) is 22.6. The van der Waals surface area contributed by atoms with Crippen molar-refractivity contribution in [1.29, 1.82) is 0 Å². The number of nitrogens with one attached hydrogen (secondary N) is 1. The molecule has 0 spiro atoms. The minimum absolute atomic E-state index is 0.0293. The highest BCUT2D eigenvalue weighted by atomic mass is 32.2. The Morgan fingerprint density at radius 2 is 1.81 bits per heavy atom. The number of fused-ring (bicyclic) bond motifs is 4. The lowest BCUT2D eigenvalue weighted by Crippen LogP contribution is -2.14. The van der Waals surface area contributed by atoms with Gasteiger partial charge in [0, 0.05) is 21.1 Å². The maximum atomic E-state index is 12.6. The normalized spacial score (nSPS) is 12.4. The molecular weight excluding hydrogens is 372 g/mol. The number of anilines is 1. The Hall–Kier alpha value is -2.63. The van der Waals surface area contributed by atoms with E-state index in [-0.39, 0.29) is 5.91 Å². The number of nitrogens with zero attached hydrogens (tertiary/aromatic N) is 1. The van der Waals surface area contributed by atoms with Gasteiger partial charge in [0.25, 0.3) is 0 Å². The van der Waals surface area contributed by atoms with Gasteiger partial charge in [0.2, 0.25) is 5.91 Å². The van der Waals surface area contributed by atoms with Crippen molar-refractivity contribution in [3.05, 3.63) is 77.2 Å². The second-order valence-electron chi connectivity index (χ2n) is 6.44. The molecule has 3 aromatic carbocycles. The van der Waals surface area contributed by atoms with Crippen LogP contribution in [0.15, 0.2) is 71.6 Å². The van der Waals surface area contributed by atoms with E-state index in [1.807, 2.05) is 42.1 Å². The minimum atomic E-state index is -0.0293. The van der Waals surface area contributed by atoms with Crippen molar-refractivity contribution in [1.82, 2.24) is 4.98 Å². The van der Waals surface area contributed by atoms with Crippen LogP contribution in [0.5, 0.6) is 0 Å². The first-order valence-electron chi connectivity index (χ1n) is 8.76. The number of aromatic nitrogens is 1. The first kappa shape index (κ1) is 16.5. The number of carbonyl (C=O) groups is 1. The summed E-state index contributed by atoms with van der Waals surface area (Å²) in [4.78, 5) is 19.8. The van der Waals surface area contributed by atoms with Crippen LogP contribution in [-0.2, 0) is 17.0 Å². The average molecular weight is 389 g/mol. The van der Waals surface area contributed by atoms with Gasteiger partial charge in [-0.15, -0.1) is 23.1 Å². The standard InChI is InChI=1S/C22H16N2OS2/c25-20(12-15-8-5-7-14-6-1-2-9-16(14)15)23-22-24-21-17-10-3-4-11-18(17)26-13-19(21)27-22/h1-11H,12-13H2,(H,23,24,25). The lowest BCUT2D eigenvalue weighted by molar-refractivity contribution is -0.115. The van der Waals surface area contributed by atoms with Crippen LogP contribution in [0, 0.1) is 0 Å². The number of hydrogen-bond acceptors (Lipinski definition) is 4. The van der Waals surface area contributed by atoms with Crippen molar-refractivity contribution in [3.63, 3.8) is 0 Å². The van der Waals surface area contributed by atoms with Crippen LogP contribution in [-0.4, -0.2) is 10.9 Å². The summed E-state index contributed by atoms with van der Waals surface area (Å²) in [6.07, 6.45) is 0.344. The number of benzene rings is 3. The highest BCUT2D eigenvalue weighted by Crippen LogP contribution is 2.44. The van der Waals surface area contributed by atoms with Crippen LogP contribution >= 0.6 is 23.1 Å². The predicted octanol–water partition coefficient (Wildman–Crippen LogP) is 5.75. The third-order valence-corrected chi connectivity index (χ3v) is 6.93. The van der Waals surface area contributed by atoms with Gasteiger partial charge in [-0.1, -0.05) is 60.7 Å². The fourth-order valence-electron chi connectivity index (χ4n) is 3.43. The molecule has 5 rings (SSSR count). The molecule has 1 N–H and O–H groups in total. The van der Waals surface area contributed by atoms with Crippen LogP contribution in [0.1, 0.15) is 10.4 Å². The third-order valence-electron chi connectivity index (χ3n) is 4.68. The summed E-state index contributed by atoms with van der Waals surface area (Å²) >= 11 is 3.40. The van der Waals surface area contributed by atoms with E-state index < -0.39 is 0 Å². The molecule has 132 valence electrons. The maximum Gasteiger partial charge on any atom is 0.230 e. The highest BCUT2D eigenvalue weighted by molar-refractivity contribution is 7.98. The summed E-state index contributed by atoms with van der Waals surface area (Å²) < 4.78 is 0. The maximum absolute atomic E-state index is 12.6. The van der Waals surface area contributed by atoms with Crippen molar-refractivity contribution in [2.45, 2.75) is 17.1 Å². The Morgan fingerprint density at radius 1 is 1.00 bits per heavy atom. The van der Waals surface area contributed by atoms with Gasteiger partial charge in [-0.2, -0.15) is 0 Å². The van der Waals surface area contributed by atoms with Gasteiger partial charge >= 0.3 is 0 Å². The molecule has 4 aromatic rings. The van der Waals surface area contributed by atoms with Gasteiger partial charge in [0.15, 0.2) is 5.13 Å². The number of thioether (sulfide) groups is 1. The van der Waals surface area contributed by atoms with E-state index in [0.29, 0.717) is 11.6 Å². The summed E-state index contributed by atoms with van der Waals surface area (Å²) in [5, 5.41) is 5.96. The van der Waals surface area contributed by atoms with Gasteiger partial charge in [-0.25, -0.2) is 4.98 Å². The van der Waals surface area contributed by atoms with Gasteiger partial charge in [-0.05, 0) is 22.4 Å². The Kier molecular flexibility index (Phi) is 4.19. The van der Waals surface area contributed by atoms with E-state index in [1.54, 1.807) is 11.3 Å². The molecule has 0 saturated heterocycles. The molecule has 0 aliphatic carbocycles. The van der Waals surface area contributed by atoms with Crippen LogP contribution in [0.25, 0.3) is 22.0 Å². The second kappa shape index (κ2) is 6.83. The molecule has 1 aliphatic heterocycles. The summed E-state index contributed by atoms with van der Waals surface area (Å²) in [7, 11) is 0. The molecular formula is C22H16N2OS2. The van der Waals surface area contributed by atoms with E-state index in [4.69, 9.17) is 4.98 Å². The monoisotopic (exact) mass is 388 g/mol. The predicted molar refractivity (Wildman–Crippen MR) is 113 cm³/mol. The van der Waals surface area contributed by atoms with Crippen LogP contribution in [0.3, 0.4) is 0 Å². The van der Waals surface area contributed by atoms with Crippen molar-refractivity contribution < 1.29 is 4.79 Å². The Labute approximate surface area is 165 Å². The Bertz CT molecular complexity index is 1160. The summed E-state index contributed by atoms with van der Waals surface area (Å²) in [6.45, 7) is 0. The topological polar surface area (TPSA) is 42.0 Å². The third kappa shape index (κ3) is 3.13. The largest absolute Gasteiger partial charge is 0.302 e. The smallest absolute Gasteiger partial charge is 0.230 e. The zero-order chi connectivity index (χ0) is 18.2. The van der Waals surface area contributed by atoms with Crippen LogP contribution in [0.4, 0.5) is 5.13 Å². The lowest BCUT2D eigenvalue weighted by Gasteiger charge is -2.13. The Morgan fingerprint density at radius 3 is 2.78 bits per heavy atom. The number of carbonyl (C=O) groups excluding carboxylic acids is 1. The molecule has 0 unspecified atom stereocenters. The molecule has 0 bridgehead atoms. The van der Waals surface area contributed by atoms with Crippen LogP contribution in [0.2, 0.25) is 0 Å². The number of amides is 1. The molecule has 0 saturated carbocycles. The van der Waals surface area contributed by atoms with Gasteiger partial charge in [0.05, 0.1) is 12.1 Å². The van der Waals surface area contributed by atoms with Gasteiger partial charge in [0.1, 0.15) is 0 Å². The van der Waals surface area contributed by atoms with Crippen LogP contribution < -0.4 is 5.32 Å². The average Bonchev–Trinajstić information content (AvgIpc) is 3.11. The number of thiazole rings is 1.